The maximum Gasteiger partial charge on any atom is 0.216 e. The standard InChI is InChI=1S/C28H30N4O3/c1-21(33)27-29-12-13-32(27)19-26-20-35-28(30-26)25-10-8-23(9-11-25)3-2-22-4-6-24(7-5-22)18-31-14-16-34-17-15-31/h4-13,21,26,33H,14-20H2,1H3. The van der Waals surface area contributed by atoms with E-state index >= 15 is 0 Å². The lowest BCUT2D eigenvalue weighted by Crippen LogP contribution is -2.35. The van der Waals surface area contributed by atoms with Crippen LogP contribution in [0.15, 0.2) is 65.9 Å². The van der Waals surface area contributed by atoms with Crippen LogP contribution in [0.5, 0.6) is 0 Å². The Balaban J connectivity index is 1.18. The number of imidazole rings is 1. The average molecular weight is 471 g/mol. The van der Waals surface area contributed by atoms with Gasteiger partial charge in [0.05, 0.1) is 13.2 Å². The van der Waals surface area contributed by atoms with Gasteiger partial charge in [-0.15, -0.1) is 0 Å². The Morgan fingerprint density at radius 1 is 1.03 bits per heavy atom. The summed E-state index contributed by atoms with van der Waals surface area (Å²) in [5.74, 6) is 7.78. The molecule has 3 aromatic rings. The van der Waals surface area contributed by atoms with Crippen LogP contribution in [0.4, 0.5) is 0 Å². The predicted molar refractivity (Wildman–Crippen MR) is 134 cm³/mol. The molecule has 1 N–H and O–H groups in total. The van der Waals surface area contributed by atoms with Crippen molar-refractivity contribution in [3.05, 3.63) is 89.0 Å². The van der Waals surface area contributed by atoms with Crippen LogP contribution in [-0.4, -0.2) is 64.4 Å². The molecule has 1 aromatic heterocycles. The first kappa shape index (κ1) is 23.3. The third kappa shape index (κ3) is 5.98. The summed E-state index contributed by atoms with van der Waals surface area (Å²) < 4.78 is 13.2. The van der Waals surface area contributed by atoms with Crippen molar-refractivity contribution in [3.63, 3.8) is 0 Å². The van der Waals surface area contributed by atoms with E-state index < -0.39 is 6.10 Å². The van der Waals surface area contributed by atoms with E-state index in [9.17, 15) is 5.11 Å². The summed E-state index contributed by atoms with van der Waals surface area (Å²) in [5.41, 5.74) is 4.18. The number of morpholine rings is 1. The van der Waals surface area contributed by atoms with Crippen molar-refractivity contribution in [1.29, 1.82) is 0 Å². The molecule has 0 radical (unpaired) electrons. The van der Waals surface area contributed by atoms with Gasteiger partial charge in [0.15, 0.2) is 0 Å². The highest BCUT2D eigenvalue weighted by Gasteiger charge is 2.22. The molecule has 7 nitrogen and oxygen atoms in total. The molecular weight excluding hydrogens is 440 g/mol. The zero-order valence-electron chi connectivity index (χ0n) is 19.9. The van der Waals surface area contributed by atoms with E-state index in [0.29, 0.717) is 24.9 Å². The van der Waals surface area contributed by atoms with Crippen LogP contribution in [0.2, 0.25) is 0 Å². The van der Waals surface area contributed by atoms with Crippen LogP contribution < -0.4 is 0 Å². The number of aliphatic imine (C=N–C) groups is 1. The lowest BCUT2D eigenvalue weighted by molar-refractivity contribution is 0.0342. The largest absolute Gasteiger partial charge is 0.475 e. The third-order valence-corrected chi connectivity index (χ3v) is 6.19. The minimum Gasteiger partial charge on any atom is -0.475 e. The minimum absolute atomic E-state index is 0.0117. The second kappa shape index (κ2) is 10.9. The van der Waals surface area contributed by atoms with Crippen LogP contribution in [0.25, 0.3) is 0 Å². The summed E-state index contributed by atoms with van der Waals surface area (Å²) in [4.78, 5) is 11.4. The molecular formula is C28H30N4O3. The van der Waals surface area contributed by atoms with Gasteiger partial charge < -0.3 is 19.1 Å². The van der Waals surface area contributed by atoms with Gasteiger partial charge in [0, 0.05) is 55.3 Å². The van der Waals surface area contributed by atoms with Crippen LogP contribution in [0.1, 0.15) is 41.1 Å². The van der Waals surface area contributed by atoms with Crippen LogP contribution in [0.3, 0.4) is 0 Å². The SMILES string of the molecule is CC(O)c1nccn1CC1COC(c2ccc(C#Cc3ccc(CN4CCOCC4)cc3)cc2)=N1. The molecule has 0 bridgehead atoms. The average Bonchev–Trinajstić information content (AvgIpc) is 3.55. The van der Waals surface area contributed by atoms with Crippen molar-refractivity contribution < 1.29 is 14.6 Å². The molecule has 5 rings (SSSR count). The van der Waals surface area contributed by atoms with Crippen LogP contribution >= 0.6 is 0 Å². The number of hydrogen-bond acceptors (Lipinski definition) is 6. The molecule has 1 saturated heterocycles. The van der Waals surface area contributed by atoms with Crippen molar-refractivity contribution in [2.24, 2.45) is 4.99 Å². The second-order valence-corrected chi connectivity index (χ2v) is 8.93. The van der Waals surface area contributed by atoms with Crippen LogP contribution in [0, 0.1) is 11.8 Å². The molecule has 2 aliphatic rings. The Morgan fingerprint density at radius 3 is 2.40 bits per heavy atom. The van der Waals surface area contributed by atoms with Gasteiger partial charge in [0.25, 0.3) is 0 Å². The molecule has 1 fully saturated rings. The Labute approximate surface area is 206 Å². The number of aromatic nitrogens is 2. The van der Waals surface area contributed by atoms with E-state index in [1.807, 2.05) is 35.0 Å². The first-order valence-corrected chi connectivity index (χ1v) is 12.1. The van der Waals surface area contributed by atoms with Gasteiger partial charge in [-0.05, 0) is 48.9 Å². The van der Waals surface area contributed by atoms with Gasteiger partial charge in [-0.2, -0.15) is 0 Å². The zero-order chi connectivity index (χ0) is 24.0. The summed E-state index contributed by atoms with van der Waals surface area (Å²) in [6.07, 6.45) is 2.94. The fourth-order valence-electron chi connectivity index (χ4n) is 4.29. The van der Waals surface area contributed by atoms with E-state index in [0.717, 1.165) is 49.5 Å². The number of nitrogens with zero attached hydrogens (tertiary/aromatic N) is 4. The second-order valence-electron chi connectivity index (χ2n) is 8.93. The van der Waals surface area contributed by atoms with E-state index in [1.54, 1.807) is 13.1 Å². The molecule has 0 amide bonds. The Hall–Kier alpha value is -3.44. The van der Waals surface area contributed by atoms with Gasteiger partial charge >= 0.3 is 0 Å². The molecule has 180 valence electrons. The number of aliphatic hydroxyl groups is 1. The third-order valence-electron chi connectivity index (χ3n) is 6.19. The highest BCUT2D eigenvalue weighted by Crippen LogP contribution is 2.17. The van der Waals surface area contributed by atoms with Crippen molar-refractivity contribution in [1.82, 2.24) is 14.5 Å². The lowest BCUT2D eigenvalue weighted by atomic mass is 10.1. The maximum atomic E-state index is 9.85. The van der Waals surface area contributed by atoms with Crippen molar-refractivity contribution in [2.45, 2.75) is 32.2 Å². The Morgan fingerprint density at radius 2 is 1.71 bits per heavy atom. The van der Waals surface area contributed by atoms with Crippen molar-refractivity contribution in [2.75, 3.05) is 32.9 Å². The summed E-state index contributed by atoms with van der Waals surface area (Å²) in [6, 6.07) is 16.5. The molecule has 2 aliphatic heterocycles. The van der Waals surface area contributed by atoms with E-state index in [2.05, 4.69) is 46.0 Å². The molecule has 3 heterocycles. The van der Waals surface area contributed by atoms with Gasteiger partial charge in [-0.3, -0.25) is 4.90 Å². The number of rotatable bonds is 6. The lowest BCUT2D eigenvalue weighted by Gasteiger charge is -2.26. The van der Waals surface area contributed by atoms with Gasteiger partial charge in [-0.25, -0.2) is 9.98 Å². The summed E-state index contributed by atoms with van der Waals surface area (Å²) in [6.45, 7) is 7.42. The summed E-state index contributed by atoms with van der Waals surface area (Å²) in [5, 5.41) is 9.85. The molecule has 35 heavy (non-hydrogen) atoms. The molecule has 2 aromatic carbocycles. The van der Waals surface area contributed by atoms with Gasteiger partial charge in [-0.1, -0.05) is 24.0 Å². The van der Waals surface area contributed by atoms with E-state index in [1.165, 1.54) is 5.56 Å². The smallest absolute Gasteiger partial charge is 0.216 e. The Bertz CT molecular complexity index is 1210. The molecule has 0 aliphatic carbocycles. The van der Waals surface area contributed by atoms with Gasteiger partial charge in [0.1, 0.15) is 24.6 Å². The number of hydrogen-bond donors (Lipinski definition) is 1. The fraction of sp³-hybridized carbons (Fsp3) is 0.357. The van der Waals surface area contributed by atoms with E-state index in [-0.39, 0.29) is 6.04 Å². The number of aliphatic hydroxyl groups excluding tert-OH is 1. The highest BCUT2D eigenvalue weighted by atomic mass is 16.5. The maximum absolute atomic E-state index is 9.85. The first-order chi connectivity index (χ1) is 17.1. The molecule has 0 saturated carbocycles. The summed E-state index contributed by atoms with van der Waals surface area (Å²) >= 11 is 0. The zero-order valence-corrected chi connectivity index (χ0v) is 19.9. The van der Waals surface area contributed by atoms with Crippen LogP contribution in [-0.2, 0) is 22.6 Å². The molecule has 2 atom stereocenters. The molecule has 0 spiro atoms. The quantitative estimate of drug-likeness (QED) is 0.561. The number of benzene rings is 2. The highest BCUT2D eigenvalue weighted by molar-refractivity contribution is 5.95. The molecule has 2 unspecified atom stereocenters. The van der Waals surface area contributed by atoms with E-state index in [4.69, 9.17) is 14.5 Å². The fourth-order valence-corrected chi connectivity index (χ4v) is 4.29. The molecule has 7 heteroatoms. The topological polar surface area (TPSA) is 72.1 Å². The van der Waals surface area contributed by atoms with Gasteiger partial charge in [0.2, 0.25) is 5.90 Å². The first-order valence-electron chi connectivity index (χ1n) is 12.1. The normalized spacial score (nSPS) is 18.9. The van der Waals surface area contributed by atoms with Crippen molar-refractivity contribution in [3.8, 4) is 11.8 Å². The monoisotopic (exact) mass is 470 g/mol. The Kier molecular flexibility index (Phi) is 7.24. The number of ether oxygens (including phenoxy) is 2. The van der Waals surface area contributed by atoms with Crippen molar-refractivity contribution >= 4 is 5.90 Å². The summed E-state index contributed by atoms with van der Waals surface area (Å²) in [7, 11) is 0. The minimum atomic E-state index is -0.613. The predicted octanol–water partition coefficient (Wildman–Crippen LogP) is 3.01.